The van der Waals surface area contributed by atoms with E-state index in [9.17, 15) is 4.79 Å². The number of nitrogens with zero attached hydrogens (tertiary/aromatic N) is 1. The molecule has 4 heteroatoms. The first-order chi connectivity index (χ1) is 11.2. The zero-order chi connectivity index (χ0) is 18.3. The summed E-state index contributed by atoms with van der Waals surface area (Å²) in [6.07, 6.45) is 0.866. The van der Waals surface area contributed by atoms with Crippen LogP contribution in [0.3, 0.4) is 0 Å². The molecule has 24 heavy (non-hydrogen) atoms. The van der Waals surface area contributed by atoms with E-state index in [0.29, 0.717) is 25.0 Å². The van der Waals surface area contributed by atoms with E-state index in [-0.39, 0.29) is 6.09 Å². The second kappa shape index (κ2) is 8.95. The van der Waals surface area contributed by atoms with E-state index in [0.717, 1.165) is 17.7 Å². The third-order valence-corrected chi connectivity index (χ3v) is 4.29. The van der Waals surface area contributed by atoms with Gasteiger partial charge >= 0.3 is 6.09 Å². The quantitative estimate of drug-likeness (QED) is 0.736. The Labute approximate surface area is 147 Å². The van der Waals surface area contributed by atoms with Crippen molar-refractivity contribution in [3.05, 3.63) is 29.8 Å². The van der Waals surface area contributed by atoms with Crippen molar-refractivity contribution >= 4 is 11.8 Å². The van der Waals surface area contributed by atoms with Gasteiger partial charge in [0.15, 0.2) is 0 Å². The molecule has 0 bridgehead atoms. The first-order valence-electron chi connectivity index (χ1n) is 9.00. The summed E-state index contributed by atoms with van der Waals surface area (Å²) in [6.45, 7) is 15.5. The molecule has 0 aromatic heterocycles. The SMILES string of the molecule is CCC(C)C(C)Nc1ccccc1CN(CC)C(=O)OC(C)(C)C. The lowest BCUT2D eigenvalue weighted by Crippen LogP contribution is -2.36. The highest BCUT2D eigenvalue weighted by molar-refractivity contribution is 5.68. The Morgan fingerprint density at radius 1 is 1.21 bits per heavy atom. The van der Waals surface area contributed by atoms with Crippen LogP contribution in [0.1, 0.15) is 60.5 Å². The topological polar surface area (TPSA) is 41.6 Å². The first-order valence-corrected chi connectivity index (χ1v) is 9.00. The van der Waals surface area contributed by atoms with Crippen LogP contribution in [0.15, 0.2) is 24.3 Å². The van der Waals surface area contributed by atoms with Crippen molar-refractivity contribution in [3.8, 4) is 0 Å². The van der Waals surface area contributed by atoms with E-state index < -0.39 is 5.60 Å². The van der Waals surface area contributed by atoms with Gasteiger partial charge in [-0.05, 0) is 52.2 Å². The minimum Gasteiger partial charge on any atom is -0.444 e. The molecule has 0 radical (unpaired) electrons. The highest BCUT2D eigenvalue weighted by Crippen LogP contribution is 2.22. The predicted octanol–water partition coefficient (Wildman–Crippen LogP) is 5.29. The van der Waals surface area contributed by atoms with Crippen LogP contribution in [0.4, 0.5) is 10.5 Å². The smallest absolute Gasteiger partial charge is 0.410 e. The Balaban J connectivity index is 2.87. The van der Waals surface area contributed by atoms with Gasteiger partial charge in [-0.2, -0.15) is 0 Å². The van der Waals surface area contributed by atoms with E-state index in [2.05, 4.69) is 38.2 Å². The van der Waals surface area contributed by atoms with Crippen molar-refractivity contribution in [1.29, 1.82) is 0 Å². The number of carbonyl (C=O) groups excluding carboxylic acids is 1. The van der Waals surface area contributed by atoms with E-state index in [1.165, 1.54) is 0 Å². The highest BCUT2D eigenvalue weighted by Gasteiger charge is 2.22. The molecule has 1 aromatic rings. The Kier molecular flexibility index (Phi) is 7.59. The number of para-hydroxylation sites is 1. The predicted molar refractivity (Wildman–Crippen MR) is 101 cm³/mol. The second-order valence-electron chi connectivity index (χ2n) is 7.47. The monoisotopic (exact) mass is 334 g/mol. The molecule has 1 rings (SSSR count). The Morgan fingerprint density at radius 3 is 2.38 bits per heavy atom. The van der Waals surface area contributed by atoms with Crippen LogP contribution in [0, 0.1) is 5.92 Å². The van der Waals surface area contributed by atoms with Gasteiger partial charge in [-0.15, -0.1) is 0 Å². The maximum atomic E-state index is 12.4. The number of ether oxygens (including phenoxy) is 1. The molecule has 0 spiro atoms. The number of benzene rings is 1. The molecule has 0 saturated heterocycles. The molecule has 1 amide bonds. The maximum absolute atomic E-state index is 12.4. The van der Waals surface area contributed by atoms with Crippen LogP contribution >= 0.6 is 0 Å². The van der Waals surface area contributed by atoms with E-state index >= 15 is 0 Å². The van der Waals surface area contributed by atoms with Gasteiger partial charge in [0.2, 0.25) is 0 Å². The first kappa shape index (κ1) is 20.3. The van der Waals surface area contributed by atoms with Crippen molar-refractivity contribution in [2.45, 2.75) is 73.1 Å². The van der Waals surface area contributed by atoms with Crippen LogP contribution in [0.25, 0.3) is 0 Å². The maximum Gasteiger partial charge on any atom is 0.410 e. The zero-order valence-electron chi connectivity index (χ0n) is 16.3. The van der Waals surface area contributed by atoms with Gasteiger partial charge in [0.1, 0.15) is 5.60 Å². The number of amides is 1. The molecule has 0 saturated carbocycles. The molecule has 1 aromatic carbocycles. The van der Waals surface area contributed by atoms with Gasteiger partial charge < -0.3 is 15.0 Å². The summed E-state index contributed by atoms with van der Waals surface area (Å²) >= 11 is 0. The molecule has 0 aliphatic heterocycles. The lowest BCUT2D eigenvalue weighted by atomic mass is 10.00. The molecule has 0 heterocycles. The summed E-state index contributed by atoms with van der Waals surface area (Å²) in [4.78, 5) is 14.1. The lowest BCUT2D eigenvalue weighted by Gasteiger charge is -2.28. The van der Waals surface area contributed by atoms with Gasteiger partial charge in [-0.1, -0.05) is 38.5 Å². The Morgan fingerprint density at radius 2 is 1.83 bits per heavy atom. The fraction of sp³-hybridized carbons (Fsp3) is 0.650. The minimum absolute atomic E-state index is 0.269. The van der Waals surface area contributed by atoms with Crippen molar-refractivity contribution in [1.82, 2.24) is 4.90 Å². The Hall–Kier alpha value is -1.71. The fourth-order valence-corrected chi connectivity index (χ4v) is 2.38. The zero-order valence-corrected chi connectivity index (χ0v) is 16.3. The molecule has 2 atom stereocenters. The average Bonchev–Trinajstić information content (AvgIpc) is 2.51. The van der Waals surface area contributed by atoms with Crippen LogP contribution < -0.4 is 5.32 Å². The number of hydrogen-bond donors (Lipinski definition) is 1. The summed E-state index contributed by atoms with van der Waals surface area (Å²) in [5, 5.41) is 3.60. The minimum atomic E-state index is -0.479. The van der Waals surface area contributed by atoms with Crippen LogP contribution in [0.5, 0.6) is 0 Å². The summed E-state index contributed by atoms with van der Waals surface area (Å²) < 4.78 is 5.51. The van der Waals surface area contributed by atoms with Crippen LogP contribution in [0.2, 0.25) is 0 Å². The van der Waals surface area contributed by atoms with Crippen molar-refractivity contribution < 1.29 is 9.53 Å². The van der Waals surface area contributed by atoms with Gasteiger partial charge in [0.25, 0.3) is 0 Å². The number of nitrogens with one attached hydrogen (secondary N) is 1. The molecule has 0 aliphatic rings. The highest BCUT2D eigenvalue weighted by atomic mass is 16.6. The van der Waals surface area contributed by atoms with Crippen LogP contribution in [-0.2, 0) is 11.3 Å². The molecule has 4 nitrogen and oxygen atoms in total. The average molecular weight is 335 g/mol. The van der Waals surface area contributed by atoms with E-state index in [1.807, 2.05) is 39.8 Å². The van der Waals surface area contributed by atoms with Crippen molar-refractivity contribution in [2.24, 2.45) is 5.92 Å². The molecule has 1 N–H and O–H groups in total. The summed E-state index contributed by atoms with van der Waals surface area (Å²) in [7, 11) is 0. The largest absolute Gasteiger partial charge is 0.444 e. The van der Waals surface area contributed by atoms with Crippen molar-refractivity contribution in [2.75, 3.05) is 11.9 Å². The van der Waals surface area contributed by atoms with Gasteiger partial charge in [-0.25, -0.2) is 4.79 Å². The molecular formula is C20H34N2O2. The molecule has 2 unspecified atom stereocenters. The lowest BCUT2D eigenvalue weighted by molar-refractivity contribution is 0.0245. The summed E-state index contributed by atoms with van der Waals surface area (Å²) in [5.74, 6) is 0.589. The standard InChI is InChI=1S/C20H34N2O2/c1-8-15(3)16(4)21-18-13-11-10-12-17(18)14-22(9-2)19(23)24-20(5,6)7/h10-13,15-16,21H,8-9,14H2,1-7H3. The molecule has 136 valence electrons. The molecule has 0 aliphatic carbocycles. The number of anilines is 1. The van der Waals surface area contributed by atoms with Gasteiger partial charge in [0, 0.05) is 18.3 Å². The molecule has 0 fully saturated rings. The van der Waals surface area contributed by atoms with E-state index in [4.69, 9.17) is 4.74 Å². The van der Waals surface area contributed by atoms with Crippen molar-refractivity contribution in [3.63, 3.8) is 0 Å². The third-order valence-electron chi connectivity index (χ3n) is 4.29. The number of hydrogen-bond acceptors (Lipinski definition) is 3. The summed E-state index contributed by atoms with van der Waals surface area (Å²) in [5.41, 5.74) is 1.72. The van der Waals surface area contributed by atoms with Gasteiger partial charge in [-0.3, -0.25) is 0 Å². The van der Waals surface area contributed by atoms with Gasteiger partial charge in [0.05, 0.1) is 6.54 Å². The Bertz CT molecular complexity index is 523. The fourth-order valence-electron chi connectivity index (χ4n) is 2.38. The number of carbonyl (C=O) groups is 1. The number of rotatable bonds is 7. The normalized spacial score (nSPS) is 14.0. The summed E-state index contributed by atoms with van der Waals surface area (Å²) in [6, 6.07) is 8.57. The second-order valence-corrected chi connectivity index (χ2v) is 7.47. The third kappa shape index (κ3) is 6.42. The van der Waals surface area contributed by atoms with Crippen LogP contribution in [-0.4, -0.2) is 29.2 Å². The molecular weight excluding hydrogens is 300 g/mol. The van der Waals surface area contributed by atoms with E-state index in [1.54, 1.807) is 4.90 Å².